The maximum Gasteiger partial charge on any atom is 0.243 e. The molecule has 0 spiro atoms. The maximum atomic E-state index is 12.5. The smallest absolute Gasteiger partial charge is 0.243 e. The Hall–Kier alpha value is -3.13. The van der Waals surface area contributed by atoms with Crippen molar-refractivity contribution in [3.8, 4) is 11.4 Å². The van der Waals surface area contributed by atoms with E-state index in [1.54, 1.807) is 19.2 Å². The molecular formula is C22H25N5O2S. The monoisotopic (exact) mass is 423 g/mol. The van der Waals surface area contributed by atoms with Crippen molar-refractivity contribution in [1.29, 1.82) is 0 Å². The van der Waals surface area contributed by atoms with Crippen LogP contribution in [0.1, 0.15) is 12.5 Å². The van der Waals surface area contributed by atoms with Gasteiger partial charge in [-0.1, -0.05) is 53.7 Å². The zero-order valence-corrected chi connectivity index (χ0v) is 18.1. The summed E-state index contributed by atoms with van der Waals surface area (Å²) >= 11 is 1.33. The van der Waals surface area contributed by atoms with E-state index in [2.05, 4.69) is 21.6 Å². The number of para-hydroxylation sites is 1. The molecule has 3 rings (SSSR count). The van der Waals surface area contributed by atoms with Gasteiger partial charge >= 0.3 is 0 Å². The molecule has 3 aromatic rings. The van der Waals surface area contributed by atoms with Gasteiger partial charge in [-0.15, -0.1) is 10.2 Å². The molecule has 2 amide bonds. The number of nitrogens with zero attached hydrogens (tertiary/aromatic N) is 4. The second-order valence-electron chi connectivity index (χ2n) is 6.87. The van der Waals surface area contributed by atoms with E-state index in [-0.39, 0.29) is 24.1 Å². The van der Waals surface area contributed by atoms with Gasteiger partial charge in [-0.05, 0) is 32.0 Å². The number of carbonyl (C=O) groups excluding carboxylic acids is 2. The lowest BCUT2D eigenvalue weighted by Crippen LogP contribution is -2.36. The van der Waals surface area contributed by atoms with Gasteiger partial charge in [-0.25, -0.2) is 0 Å². The van der Waals surface area contributed by atoms with E-state index in [0.29, 0.717) is 17.4 Å². The molecule has 0 aliphatic rings. The van der Waals surface area contributed by atoms with Gasteiger partial charge < -0.3 is 14.8 Å². The fourth-order valence-corrected chi connectivity index (χ4v) is 3.88. The van der Waals surface area contributed by atoms with E-state index in [4.69, 9.17) is 0 Å². The van der Waals surface area contributed by atoms with Crippen molar-refractivity contribution in [2.24, 2.45) is 0 Å². The second kappa shape index (κ2) is 10.1. The third kappa shape index (κ3) is 5.48. The van der Waals surface area contributed by atoms with E-state index < -0.39 is 0 Å². The number of hydrogen-bond acceptors (Lipinski definition) is 5. The molecule has 0 fully saturated rings. The van der Waals surface area contributed by atoms with Crippen LogP contribution < -0.4 is 5.32 Å². The summed E-state index contributed by atoms with van der Waals surface area (Å²) in [6.45, 7) is 4.74. The molecule has 0 aliphatic heterocycles. The predicted octanol–water partition coefficient (Wildman–Crippen LogP) is 3.46. The summed E-state index contributed by atoms with van der Waals surface area (Å²) in [6.07, 6.45) is 0. The molecule has 0 bridgehead atoms. The van der Waals surface area contributed by atoms with Gasteiger partial charge in [0.2, 0.25) is 11.8 Å². The Morgan fingerprint density at radius 3 is 2.57 bits per heavy atom. The van der Waals surface area contributed by atoms with E-state index in [0.717, 1.165) is 17.0 Å². The molecule has 0 aliphatic carbocycles. The lowest BCUT2D eigenvalue weighted by atomic mass is 10.1. The third-order valence-electron chi connectivity index (χ3n) is 4.50. The Kier molecular flexibility index (Phi) is 7.24. The Morgan fingerprint density at radius 2 is 1.87 bits per heavy atom. The van der Waals surface area contributed by atoms with Crippen molar-refractivity contribution in [1.82, 2.24) is 19.7 Å². The minimum absolute atomic E-state index is 0.0106. The average Bonchev–Trinajstić information content (AvgIpc) is 3.15. The van der Waals surface area contributed by atoms with Crippen LogP contribution in [0.4, 0.5) is 5.69 Å². The fraction of sp³-hybridized carbons (Fsp3) is 0.273. The maximum absolute atomic E-state index is 12.5. The second-order valence-corrected chi connectivity index (χ2v) is 7.82. The first-order valence-electron chi connectivity index (χ1n) is 9.70. The highest BCUT2D eigenvalue weighted by Crippen LogP contribution is 2.24. The molecule has 1 heterocycles. The number of amides is 2. The molecule has 30 heavy (non-hydrogen) atoms. The first kappa shape index (κ1) is 21.6. The van der Waals surface area contributed by atoms with Gasteiger partial charge in [-0.2, -0.15) is 0 Å². The van der Waals surface area contributed by atoms with Gasteiger partial charge in [0.25, 0.3) is 0 Å². The molecule has 7 nitrogen and oxygen atoms in total. The molecule has 0 saturated heterocycles. The van der Waals surface area contributed by atoms with Gasteiger partial charge in [-0.3, -0.25) is 9.59 Å². The number of carbonyl (C=O) groups is 2. The first-order valence-corrected chi connectivity index (χ1v) is 10.7. The number of benzene rings is 2. The quantitative estimate of drug-likeness (QED) is 0.561. The fourth-order valence-electron chi connectivity index (χ4n) is 2.94. The minimum Gasteiger partial charge on any atom is -0.336 e. The number of likely N-dealkylation sites (N-methyl/N-ethyl adjacent to an activating group) is 1. The average molecular weight is 424 g/mol. The van der Waals surface area contributed by atoms with Crippen molar-refractivity contribution in [2.75, 3.05) is 24.7 Å². The Balaban J connectivity index is 1.58. The van der Waals surface area contributed by atoms with E-state index in [1.807, 2.05) is 54.8 Å². The molecule has 1 N–H and O–H groups in total. The summed E-state index contributed by atoms with van der Waals surface area (Å²) in [7, 11) is 1.62. The van der Waals surface area contributed by atoms with Crippen LogP contribution >= 0.6 is 11.8 Å². The Morgan fingerprint density at radius 1 is 1.10 bits per heavy atom. The molecule has 2 aromatic carbocycles. The Bertz CT molecular complexity index is 1020. The molecule has 1 aromatic heterocycles. The van der Waals surface area contributed by atoms with Crippen LogP contribution in [0.5, 0.6) is 0 Å². The molecule has 0 radical (unpaired) electrons. The van der Waals surface area contributed by atoms with Crippen LogP contribution in [0.2, 0.25) is 0 Å². The first-order chi connectivity index (χ1) is 14.5. The number of nitrogens with one attached hydrogen (secondary N) is 1. The van der Waals surface area contributed by atoms with Gasteiger partial charge in [0, 0.05) is 24.8 Å². The highest BCUT2D eigenvalue weighted by atomic mass is 32.2. The topological polar surface area (TPSA) is 80.1 Å². The minimum atomic E-state index is -0.236. The largest absolute Gasteiger partial charge is 0.336 e. The zero-order valence-electron chi connectivity index (χ0n) is 17.3. The van der Waals surface area contributed by atoms with E-state index >= 15 is 0 Å². The van der Waals surface area contributed by atoms with Crippen LogP contribution in [0.25, 0.3) is 11.4 Å². The summed E-state index contributed by atoms with van der Waals surface area (Å²) in [5.41, 5.74) is 2.85. The summed E-state index contributed by atoms with van der Waals surface area (Å²) in [5.74, 6) is 0.583. The summed E-state index contributed by atoms with van der Waals surface area (Å²) in [4.78, 5) is 26.1. The van der Waals surface area contributed by atoms with Crippen molar-refractivity contribution in [3.05, 3.63) is 60.2 Å². The third-order valence-corrected chi connectivity index (χ3v) is 5.45. The Labute approximate surface area is 180 Å². The van der Waals surface area contributed by atoms with Crippen molar-refractivity contribution in [3.63, 3.8) is 0 Å². The highest BCUT2D eigenvalue weighted by molar-refractivity contribution is 7.99. The molecular weight excluding hydrogens is 398 g/mol. The van der Waals surface area contributed by atoms with Crippen LogP contribution in [0.15, 0.2) is 59.8 Å². The summed E-state index contributed by atoms with van der Waals surface area (Å²) in [5, 5.41) is 12.1. The lowest BCUT2D eigenvalue weighted by molar-refractivity contribution is -0.131. The molecule has 156 valence electrons. The van der Waals surface area contributed by atoms with Crippen LogP contribution in [0.3, 0.4) is 0 Å². The standard InChI is InChI=1S/C22H25N5O2S/c1-4-27-21(17-10-8-9-16(2)13-17)24-25-22(27)30-15-20(29)26(3)14-19(28)23-18-11-6-5-7-12-18/h5-13H,4,14-15H2,1-3H3,(H,23,28). The van der Waals surface area contributed by atoms with Crippen LogP contribution in [-0.2, 0) is 16.1 Å². The molecule has 0 unspecified atom stereocenters. The lowest BCUT2D eigenvalue weighted by Gasteiger charge is -2.16. The van der Waals surface area contributed by atoms with Crippen molar-refractivity contribution in [2.45, 2.75) is 25.5 Å². The normalized spacial score (nSPS) is 10.6. The molecule has 0 saturated carbocycles. The molecule has 8 heteroatoms. The van der Waals surface area contributed by atoms with Crippen LogP contribution in [-0.4, -0.2) is 50.8 Å². The van der Waals surface area contributed by atoms with E-state index in [9.17, 15) is 9.59 Å². The number of rotatable bonds is 8. The van der Waals surface area contributed by atoms with E-state index in [1.165, 1.54) is 16.7 Å². The summed E-state index contributed by atoms with van der Waals surface area (Å²) in [6, 6.07) is 17.3. The SMILES string of the molecule is CCn1c(SCC(=O)N(C)CC(=O)Nc2ccccc2)nnc1-c1cccc(C)c1. The van der Waals surface area contributed by atoms with Crippen molar-refractivity contribution >= 4 is 29.3 Å². The van der Waals surface area contributed by atoms with Gasteiger partial charge in [0.1, 0.15) is 0 Å². The predicted molar refractivity (Wildman–Crippen MR) is 119 cm³/mol. The summed E-state index contributed by atoms with van der Waals surface area (Å²) < 4.78 is 1.99. The van der Waals surface area contributed by atoms with Crippen molar-refractivity contribution < 1.29 is 9.59 Å². The molecule has 0 atom stereocenters. The highest BCUT2D eigenvalue weighted by Gasteiger charge is 2.17. The number of aryl methyl sites for hydroxylation is 1. The van der Waals surface area contributed by atoms with Crippen LogP contribution in [0, 0.1) is 6.92 Å². The number of anilines is 1. The number of hydrogen-bond donors (Lipinski definition) is 1. The number of aromatic nitrogens is 3. The number of thioether (sulfide) groups is 1. The van der Waals surface area contributed by atoms with Gasteiger partial charge in [0.15, 0.2) is 11.0 Å². The zero-order chi connectivity index (χ0) is 21.5. The van der Waals surface area contributed by atoms with Gasteiger partial charge in [0.05, 0.1) is 12.3 Å².